The molecule has 0 aromatic heterocycles. The number of rotatable bonds is 9. The van der Waals surface area contributed by atoms with Crippen molar-refractivity contribution in [2.75, 3.05) is 57.4 Å². The Kier molecular flexibility index (Phi) is 8.93. The van der Waals surface area contributed by atoms with Gasteiger partial charge in [0, 0.05) is 55.9 Å². The molecule has 2 N–H and O–H groups in total. The number of thioether (sulfide) groups is 1. The quantitative estimate of drug-likeness (QED) is 0.328. The number of piperazine rings is 1. The van der Waals surface area contributed by atoms with Gasteiger partial charge in [-0.25, -0.2) is 0 Å². The van der Waals surface area contributed by atoms with Crippen LogP contribution in [-0.2, 0) is 19.1 Å². The number of nitrogens with one attached hydrogen (secondary N) is 2. The van der Waals surface area contributed by atoms with Gasteiger partial charge < -0.3 is 25.2 Å². The van der Waals surface area contributed by atoms with E-state index in [-0.39, 0.29) is 23.8 Å². The number of ether oxygens (including phenoxy) is 1. The molecule has 3 saturated heterocycles. The van der Waals surface area contributed by atoms with E-state index in [1.165, 1.54) is 6.42 Å². The molecule has 1 aromatic rings. The van der Waals surface area contributed by atoms with E-state index in [1.54, 1.807) is 16.7 Å². The number of amides is 3. The molecule has 1 aliphatic carbocycles. The molecule has 0 unspecified atom stereocenters. The van der Waals surface area contributed by atoms with E-state index in [1.807, 2.05) is 42.7 Å². The molecule has 234 valence electrons. The highest BCUT2D eigenvalue weighted by Crippen LogP contribution is 2.55. The first-order chi connectivity index (χ1) is 20.8. The molecule has 10 heteroatoms. The Morgan fingerprint density at radius 1 is 1.07 bits per heavy atom. The van der Waals surface area contributed by atoms with Crippen molar-refractivity contribution in [3.63, 3.8) is 0 Å². The fourth-order valence-electron chi connectivity index (χ4n) is 8.06. The van der Waals surface area contributed by atoms with Gasteiger partial charge in [-0.1, -0.05) is 51.8 Å². The van der Waals surface area contributed by atoms with Crippen LogP contribution < -0.4 is 10.6 Å². The molecule has 8 atom stereocenters. The maximum absolute atomic E-state index is 14.4. The van der Waals surface area contributed by atoms with Gasteiger partial charge >= 0.3 is 0 Å². The molecule has 3 amide bonds. The lowest BCUT2D eigenvalue weighted by Crippen LogP contribution is -2.58. The Balaban J connectivity index is 1.25. The number of likely N-dealkylation sites (N-methyl/N-ethyl adjacent to an activating group) is 1. The standard InChI is InChI=1S/C33H47N5O4S/c1-5-36-14-16-37(17-15-36)18-19-38-29(31(40)35-25-11-6-8-21(2)22(25)3)33-13-12-26(42-33)27(28(33)32(38)41)30(39)34-23-9-7-10-24(20-23)43-4/h7,9-10,12-13,20-22,25-29H,5-6,8,11,14-19H2,1-4H3,(H,34,39)(H,35,40)/t21-,22+,25+,26+,27+,28+,29-,33-/m0/s1. The predicted octanol–water partition coefficient (Wildman–Crippen LogP) is 3.08. The van der Waals surface area contributed by atoms with Crippen LogP contribution in [0.25, 0.3) is 0 Å². The molecular formula is C33H47N5O4S. The van der Waals surface area contributed by atoms with E-state index >= 15 is 0 Å². The number of benzene rings is 1. The van der Waals surface area contributed by atoms with Gasteiger partial charge in [0.1, 0.15) is 11.6 Å². The highest BCUT2D eigenvalue weighted by molar-refractivity contribution is 7.98. The summed E-state index contributed by atoms with van der Waals surface area (Å²) >= 11 is 1.61. The van der Waals surface area contributed by atoms with E-state index in [0.717, 1.165) is 50.5 Å². The van der Waals surface area contributed by atoms with Crippen molar-refractivity contribution >= 4 is 35.2 Å². The highest BCUT2D eigenvalue weighted by atomic mass is 32.2. The van der Waals surface area contributed by atoms with E-state index in [9.17, 15) is 14.4 Å². The van der Waals surface area contributed by atoms with E-state index in [4.69, 9.17) is 4.74 Å². The minimum atomic E-state index is -1.14. The number of carbonyl (C=O) groups is 3. The van der Waals surface area contributed by atoms with Gasteiger partial charge in [-0.3, -0.25) is 19.3 Å². The van der Waals surface area contributed by atoms with E-state index < -0.39 is 29.6 Å². The number of nitrogens with zero attached hydrogens (tertiary/aromatic N) is 3. The number of anilines is 1. The van der Waals surface area contributed by atoms with Crippen molar-refractivity contribution in [1.82, 2.24) is 20.0 Å². The Labute approximate surface area is 260 Å². The van der Waals surface area contributed by atoms with Crippen LogP contribution >= 0.6 is 11.8 Å². The summed E-state index contributed by atoms with van der Waals surface area (Å²) in [6.07, 6.45) is 8.46. The average molecular weight is 610 g/mol. The molecule has 4 heterocycles. The first-order valence-corrected chi connectivity index (χ1v) is 17.4. The zero-order valence-corrected chi connectivity index (χ0v) is 26.8. The third-order valence-corrected chi connectivity index (χ3v) is 11.6. The van der Waals surface area contributed by atoms with Gasteiger partial charge in [0.05, 0.1) is 17.9 Å². The van der Waals surface area contributed by atoms with Gasteiger partial charge in [-0.2, -0.15) is 0 Å². The second-order valence-electron chi connectivity index (χ2n) is 13.1. The van der Waals surface area contributed by atoms with Crippen LogP contribution in [0.3, 0.4) is 0 Å². The van der Waals surface area contributed by atoms with Gasteiger partial charge in [0.2, 0.25) is 17.7 Å². The normalized spacial score (nSPS) is 35.8. The van der Waals surface area contributed by atoms with Gasteiger partial charge in [-0.05, 0) is 49.3 Å². The summed E-state index contributed by atoms with van der Waals surface area (Å²) in [5, 5.41) is 6.41. The summed E-state index contributed by atoms with van der Waals surface area (Å²) in [7, 11) is 0. The van der Waals surface area contributed by atoms with Crippen LogP contribution in [0.1, 0.15) is 40.0 Å². The minimum Gasteiger partial charge on any atom is -0.359 e. The van der Waals surface area contributed by atoms with Crippen molar-refractivity contribution in [2.24, 2.45) is 23.7 Å². The summed E-state index contributed by atoms with van der Waals surface area (Å²) in [5.41, 5.74) is -0.444. The van der Waals surface area contributed by atoms with Crippen molar-refractivity contribution in [1.29, 1.82) is 0 Å². The van der Waals surface area contributed by atoms with Crippen LogP contribution in [-0.4, -0.2) is 108 Å². The first-order valence-electron chi connectivity index (χ1n) is 16.1. The number of hydrogen-bond acceptors (Lipinski definition) is 7. The fourth-order valence-corrected chi connectivity index (χ4v) is 8.52. The topological polar surface area (TPSA) is 94.2 Å². The Morgan fingerprint density at radius 2 is 1.84 bits per heavy atom. The lowest BCUT2D eigenvalue weighted by Gasteiger charge is -2.39. The van der Waals surface area contributed by atoms with Crippen molar-refractivity contribution in [3.8, 4) is 0 Å². The first kappa shape index (κ1) is 30.6. The summed E-state index contributed by atoms with van der Waals surface area (Å²) < 4.78 is 6.57. The number of carbonyl (C=O) groups excluding carboxylic acids is 3. The largest absolute Gasteiger partial charge is 0.359 e. The fraction of sp³-hybridized carbons (Fsp3) is 0.667. The summed E-state index contributed by atoms with van der Waals surface area (Å²) in [6, 6.07) is 6.97. The molecule has 0 radical (unpaired) electrons. The molecule has 5 aliphatic rings. The molecule has 43 heavy (non-hydrogen) atoms. The third kappa shape index (κ3) is 5.64. The molecule has 1 aromatic carbocycles. The van der Waals surface area contributed by atoms with Crippen LogP contribution in [0, 0.1) is 23.7 Å². The van der Waals surface area contributed by atoms with Gasteiger partial charge in [0.15, 0.2) is 0 Å². The number of likely N-dealkylation sites (tertiary alicyclic amines) is 1. The second-order valence-corrected chi connectivity index (χ2v) is 14.0. The number of fused-ring (bicyclic) bond motifs is 1. The number of hydrogen-bond donors (Lipinski definition) is 2. The second kappa shape index (κ2) is 12.5. The minimum absolute atomic E-state index is 0.0659. The molecule has 1 saturated carbocycles. The average Bonchev–Trinajstić information content (AvgIpc) is 3.66. The molecular weight excluding hydrogens is 562 g/mol. The molecule has 4 aliphatic heterocycles. The lowest BCUT2D eigenvalue weighted by atomic mass is 9.73. The van der Waals surface area contributed by atoms with Crippen molar-refractivity contribution in [3.05, 3.63) is 36.4 Å². The SMILES string of the molecule is CCN1CCN(CCN2C(=O)[C@H]3[C@H](C(=O)Nc4cccc(SC)c4)[C@H]4C=C[C@@]3(O4)[C@@H]2C(=O)N[C@@H]2CCC[C@H](C)[C@H]2C)CC1. The zero-order chi connectivity index (χ0) is 30.3. The highest BCUT2D eigenvalue weighted by Gasteiger charge is 2.72. The van der Waals surface area contributed by atoms with E-state index in [2.05, 4.69) is 41.2 Å². The Hall–Kier alpha value is -2.40. The van der Waals surface area contributed by atoms with Crippen molar-refractivity contribution < 1.29 is 19.1 Å². The van der Waals surface area contributed by atoms with Crippen LogP contribution in [0.5, 0.6) is 0 Å². The summed E-state index contributed by atoms with van der Waals surface area (Å²) in [5.74, 6) is -1.08. The Bertz CT molecular complexity index is 1250. The van der Waals surface area contributed by atoms with Gasteiger partial charge in [0.25, 0.3) is 0 Å². The summed E-state index contributed by atoms with van der Waals surface area (Å²) in [4.78, 5) is 50.0. The summed E-state index contributed by atoms with van der Waals surface area (Å²) in [6.45, 7) is 12.7. The Morgan fingerprint density at radius 3 is 2.58 bits per heavy atom. The van der Waals surface area contributed by atoms with Crippen molar-refractivity contribution in [2.45, 2.75) is 68.7 Å². The third-order valence-electron chi connectivity index (χ3n) is 10.9. The molecule has 4 fully saturated rings. The zero-order valence-electron chi connectivity index (χ0n) is 26.0. The molecule has 1 spiro atoms. The van der Waals surface area contributed by atoms with Crippen LogP contribution in [0.15, 0.2) is 41.3 Å². The maximum Gasteiger partial charge on any atom is 0.246 e. The van der Waals surface area contributed by atoms with Crippen LogP contribution in [0.4, 0.5) is 5.69 Å². The predicted molar refractivity (Wildman–Crippen MR) is 169 cm³/mol. The van der Waals surface area contributed by atoms with E-state index in [0.29, 0.717) is 30.6 Å². The monoisotopic (exact) mass is 609 g/mol. The van der Waals surface area contributed by atoms with Gasteiger partial charge in [-0.15, -0.1) is 11.8 Å². The molecule has 6 rings (SSSR count). The molecule has 9 nitrogen and oxygen atoms in total. The smallest absolute Gasteiger partial charge is 0.246 e. The van der Waals surface area contributed by atoms with Crippen LogP contribution in [0.2, 0.25) is 0 Å². The molecule has 2 bridgehead atoms. The lowest BCUT2D eigenvalue weighted by molar-refractivity contribution is -0.142. The maximum atomic E-state index is 14.4.